The van der Waals surface area contributed by atoms with Crippen molar-refractivity contribution in [1.82, 2.24) is 15.2 Å². The molecular weight excluding hydrogens is 354 g/mol. The zero-order valence-corrected chi connectivity index (χ0v) is 14.5. The number of esters is 1. The minimum Gasteiger partial charge on any atom is -0.459 e. The molecule has 0 amide bonds. The molecule has 0 aliphatic rings. The summed E-state index contributed by atoms with van der Waals surface area (Å²) in [5.41, 5.74) is 1.58. The van der Waals surface area contributed by atoms with Crippen LogP contribution in [0.5, 0.6) is 0 Å². The number of thiazole rings is 1. The van der Waals surface area contributed by atoms with Gasteiger partial charge in [-0.05, 0) is 19.1 Å². The number of carbonyl (C=O) groups is 1. The monoisotopic (exact) mass is 367 g/mol. The Morgan fingerprint density at radius 2 is 2.00 bits per heavy atom. The molecule has 3 aromatic heterocycles. The van der Waals surface area contributed by atoms with E-state index in [1.807, 2.05) is 30.3 Å². The van der Waals surface area contributed by atoms with Crippen LogP contribution in [-0.4, -0.2) is 21.2 Å². The van der Waals surface area contributed by atoms with Crippen molar-refractivity contribution in [2.45, 2.75) is 13.5 Å². The number of benzene rings is 1. The van der Waals surface area contributed by atoms with E-state index in [2.05, 4.69) is 15.2 Å². The van der Waals surface area contributed by atoms with Crippen LogP contribution in [0.1, 0.15) is 21.3 Å². The predicted molar refractivity (Wildman–Crippen MR) is 93.4 cm³/mol. The molecule has 0 bridgehead atoms. The number of nitrogens with zero attached hydrogens (tertiary/aromatic N) is 3. The number of ether oxygens (including phenoxy) is 1. The summed E-state index contributed by atoms with van der Waals surface area (Å²) < 4.78 is 15.9. The molecule has 1 aromatic carbocycles. The molecule has 4 aromatic rings. The van der Waals surface area contributed by atoms with Crippen LogP contribution in [0.25, 0.3) is 22.2 Å². The maximum absolute atomic E-state index is 12.4. The SMILES string of the molecule is Cc1nc(-c2ccccc2)sc1C(=O)OCc1nnc(-c2ccco2)o1. The van der Waals surface area contributed by atoms with E-state index in [1.165, 1.54) is 17.6 Å². The Morgan fingerprint density at radius 3 is 2.77 bits per heavy atom. The average molecular weight is 367 g/mol. The summed E-state index contributed by atoms with van der Waals surface area (Å²) in [4.78, 5) is 17.3. The van der Waals surface area contributed by atoms with Crippen LogP contribution in [0.2, 0.25) is 0 Å². The van der Waals surface area contributed by atoms with Gasteiger partial charge in [-0.25, -0.2) is 9.78 Å². The number of furan rings is 1. The van der Waals surface area contributed by atoms with Gasteiger partial charge in [0, 0.05) is 5.56 Å². The van der Waals surface area contributed by atoms with E-state index in [-0.39, 0.29) is 18.4 Å². The molecule has 0 saturated carbocycles. The second-order valence-corrected chi connectivity index (χ2v) is 6.35. The molecule has 0 saturated heterocycles. The summed E-state index contributed by atoms with van der Waals surface area (Å²) in [5, 5.41) is 8.48. The Hall–Kier alpha value is -3.26. The van der Waals surface area contributed by atoms with Crippen molar-refractivity contribution in [3.05, 3.63) is 65.2 Å². The molecule has 0 aliphatic heterocycles. The molecule has 8 heteroatoms. The van der Waals surface area contributed by atoms with Crippen molar-refractivity contribution in [2.24, 2.45) is 0 Å². The first-order valence-corrected chi connectivity index (χ1v) is 8.58. The molecular formula is C18H13N3O4S. The summed E-state index contributed by atoms with van der Waals surface area (Å²) in [6.07, 6.45) is 1.51. The van der Waals surface area contributed by atoms with Crippen LogP contribution in [0.3, 0.4) is 0 Å². The lowest BCUT2D eigenvalue weighted by Gasteiger charge is -1.99. The van der Waals surface area contributed by atoms with E-state index in [1.54, 1.807) is 19.1 Å². The molecule has 0 atom stereocenters. The first-order valence-electron chi connectivity index (χ1n) is 7.77. The molecule has 7 nitrogen and oxygen atoms in total. The molecule has 26 heavy (non-hydrogen) atoms. The molecule has 0 spiro atoms. The summed E-state index contributed by atoms with van der Waals surface area (Å²) >= 11 is 1.29. The Bertz CT molecular complexity index is 1020. The van der Waals surface area contributed by atoms with Crippen LogP contribution in [-0.2, 0) is 11.3 Å². The van der Waals surface area contributed by atoms with Crippen LogP contribution < -0.4 is 0 Å². The van der Waals surface area contributed by atoms with E-state index >= 15 is 0 Å². The highest BCUT2D eigenvalue weighted by Gasteiger charge is 2.19. The quantitative estimate of drug-likeness (QED) is 0.490. The highest BCUT2D eigenvalue weighted by Crippen LogP contribution is 2.28. The van der Waals surface area contributed by atoms with Crippen LogP contribution in [0.15, 0.2) is 57.6 Å². The van der Waals surface area contributed by atoms with E-state index in [0.29, 0.717) is 16.3 Å². The van der Waals surface area contributed by atoms with Gasteiger partial charge in [-0.3, -0.25) is 0 Å². The minimum absolute atomic E-state index is 0.120. The first kappa shape index (κ1) is 16.2. The molecule has 0 radical (unpaired) electrons. The molecule has 4 rings (SSSR count). The van der Waals surface area contributed by atoms with Gasteiger partial charge in [0.2, 0.25) is 0 Å². The fourth-order valence-electron chi connectivity index (χ4n) is 2.29. The maximum Gasteiger partial charge on any atom is 0.350 e. The fourth-order valence-corrected chi connectivity index (χ4v) is 3.26. The van der Waals surface area contributed by atoms with Gasteiger partial charge < -0.3 is 13.6 Å². The molecule has 130 valence electrons. The van der Waals surface area contributed by atoms with E-state index in [9.17, 15) is 4.79 Å². The van der Waals surface area contributed by atoms with Gasteiger partial charge in [0.05, 0.1) is 12.0 Å². The second kappa shape index (κ2) is 6.93. The maximum atomic E-state index is 12.4. The topological polar surface area (TPSA) is 91.2 Å². The highest BCUT2D eigenvalue weighted by atomic mass is 32.1. The van der Waals surface area contributed by atoms with E-state index < -0.39 is 5.97 Å². The van der Waals surface area contributed by atoms with Crippen molar-refractivity contribution in [1.29, 1.82) is 0 Å². The number of hydrogen-bond acceptors (Lipinski definition) is 8. The summed E-state index contributed by atoms with van der Waals surface area (Å²) in [5.74, 6) is 0.414. The fraction of sp³-hybridized carbons (Fsp3) is 0.111. The van der Waals surface area contributed by atoms with Crippen molar-refractivity contribution in [2.75, 3.05) is 0 Å². The van der Waals surface area contributed by atoms with Gasteiger partial charge in [0.1, 0.15) is 9.88 Å². The standard InChI is InChI=1S/C18H13N3O4S/c1-11-15(26-17(19-11)12-6-3-2-4-7-12)18(22)24-10-14-20-21-16(25-14)13-8-5-9-23-13/h2-9H,10H2,1H3. The Balaban J connectivity index is 1.45. The second-order valence-electron chi connectivity index (χ2n) is 5.35. The Morgan fingerprint density at radius 1 is 1.15 bits per heavy atom. The first-order chi connectivity index (χ1) is 12.7. The molecule has 0 N–H and O–H groups in total. The van der Waals surface area contributed by atoms with Crippen molar-refractivity contribution >= 4 is 17.3 Å². The molecule has 0 aliphatic carbocycles. The molecule has 0 unspecified atom stereocenters. The van der Waals surface area contributed by atoms with Gasteiger partial charge in [-0.15, -0.1) is 21.5 Å². The van der Waals surface area contributed by atoms with Crippen LogP contribution in [0, 0.1) is 6.92 Å². The van der Waals surface area contributed by atoms with Gasteiger partial charge >= 0.3 is 5.97 Å². The predicted octanol–water partition coefficient (Wildman–Crippen LogP) is 4.12. The van der Waals surface area contributed by atoms with Crippen molar-refractivity contribution in [3.63, 3.8) is 0 Å². The smallest absolute Gasteiger partial charge is 0.350 e. The Kier molecular flexibility index (Phi) is 4.32. The van der Waals surface area contributed by atoms with Gasteiger partial charge in [-0.1, -0.05) is 30.3 Å². The van der Waals surface area contributed by atoms with E-state index in [0.717, 1.165) is 10.6 Å². The number of aryl methyl sites for hydroxylation is 1. The lowest BCUT2D eigenvalue weighted by molar-refractivity contribution is 0.0443. The minimum atomic E-state index is -0.472. The summed E-state index contributed by atoms with van der Waals surface area (Å²) in [7, 11) is 0. The van der Waals surface area contributed by atoms with E-state index in [4.69, 9.17) is 13.6 Å². The van der Waals surface area contributed by atoms with Gasteiger partial charge in [0.15, 0.2) is 12.4 Å². The average Bonchev–Trinajstić information content (AvgIpc) is 3.40. The third kappa shape index (κ3) is 3.27. The van der Waals surface area contributed by atoms with Crippen molar-refractivity contribution < 1.29 is 18.4 Å². The normalized spacial score (nSPS) is 10.8. The lowest BCUT2D eigenvalue weighted by Crippen LogP contribution is -2.05. The van der Waals surface area contributed by atoms with Crippen LogP contribution in [0.4, 0.5) is 0 Å². The zero-order valence-electron chi connectivity index (χ0n) is 13.7. The lowest BCUT2D eigenvalue weighted by atomic mass is 10.2. The van der Waals surface area contributed by atoms with Crippen molar-refractivity contribution in [3.8, 4) is 22.2 Å². The van der Waals surface area contributed by atoms with Gasteiger partial charge in [-0.2, -0.15) is 0 Å². The summed E-state index contributed by atoms with van der Waals surface area (Å²) in [6.45, 7) is 1.66. The number of hydrogen-bond donors (Lipinski definition) is 0. The number of aromatic nitrogens is 3. The molecule has 0 fully saturated rings. The Labute approximate surface area is 152 Å². The number of rotatable bonds is 5. The molecule has 3 heterocycles. The van der Waals surface area contributed by atoms with Gasteiger partial charge in [0.25, 0.3) is 11.8 Å². The largest absolute Gasteiger partial charge is 0.459 e. The van der Waals surface area contributed by atoms with Crippen LogP contribution >= 0.6 is 11.3 Å². The third-order valence-corrected chi connectivity index (χ3v) is 4.71. The number of carbonyl (C=O) groups excluding carboxylic acids is 1. The summed E-state index contributed by atoms with van der Waals surface area (Å²) in [6, 6.07) is 13.1. The zero-order chi connectivity index (χ0) is 17.9. The highest BCUT2D eigenvalue weighted by molar-refractivity contribution is 7.17. The third-order valence-electron chi connectivity index (χ3n) is 3.53.